The van der Waals surface area contributed by atoms with E-state index in [2.05, 4.69) is 5.32 Å². The van der Waals surface area contributed by atoms with Crippen LogP contribution in [0, 0.1) is 6.92 Å². The zero-order valence-electron chi connectivity index (χ0n) is 17.3. The summed E-state index contributed by atoms with van der Waals surface area (Å²) in [6, 6.07) is 7.30. The van der Waals surface area contributed by atoms with E-state index in [1.807, 2.05) is 36.6 Å². The highest BCUT2D eigenvalue weighted by Gasteiger charge is 2.24. The molecule has 7 heteroatoms. The second-order valence-electron chi connectivity index (χ2n) is 6.76. The molecule has 3 N–H and O–H groups in total. The van der Waals surface area contributed by atoms with E-state index in [0.717, 1.165) is 4.88 Å². The minimum atomic E-state index is -1.12. The SMILES string of the molecule is C/C=C\c1scccccc(C)c(=O)c1/C=C(\C)OCC(=O)NC(C)(CO)CO. The smallest absolute Gasteiger partial charge is 0.258 e. The fourth-order valence-electron chi connectivity index (χ4n) is 2.23. The van der Waals surface area contributed by atoms with Crippen LogP contribution in [0.4, 0.5) is 0 Å². The molecule has 158 valence electrons. The summed E-state index contributed by atoms with van der Waals surface area (Å²) >= 11 is 1.42. The summed E-state index contributed by atoms with van der Waals surface area (Å²) in [5.74, 6) is -0.0907. The lowest BCUT2D eigenvalue weighted by Crippen LogP contribution is -2.52. The van der Waals surface area contributed by atoms with Gasteiger partial charge in [-0.25, -0.2) is 0 Å². The van der Waals surface area contributed by atoms with Crippen LogP contribution in [0.1, 0.15) is 36.8 Å². The molecule has 1 rings (SSSR count). The molecule has 0 atom stereocenters. The van der Waals surface area contributed by atoms with Crippen LogP contribution in [0.3, 0.4) is 0 Å². The van der Waals surface area contributed by atoms with Gasteiger partial charge < -0.3 is 20.3 Å². The molecule has 1 heterocycles. The monoisotopic (exact) mass is 419 g/mol. The zero-order chi connectivity index (χ0) is 21.9. The molecular weight excluding hydrogens is 390 g/mol. The van der Waals surface area contributed by atoms with Crippen molar-refractivity contribution >= 4 is 29.4 Å². The van der Waals surface area contributed by atoms with E-state index in [9.17, 15) is 19.8 Å². The van der Waals surface area contributed by atoms with Gasteiger partial charge in [-0.1, -0.05) is 30.3 Å². The summed E-state index contributed by atoms with van der Waals surface area (Å²) in [4.78, 5) is 25.7. The average Bonchev–Trinajstić information content (AvgIpc) is 2.71. The Morgan fingerprint density at radius 1 is 1.28 bits per heavy atom. The number of nitrogens with one attached hydrogen (secondary N) is 1. The second-order valence-corrected chi connectivity index (χ2v) is 7.70. The molecule has 1 aromatic rings. The summed E-state index contributed by atoms with van der Waals surface area (Å²) in [6.45, 7) is 5.70. The maximum Gasteiger partial charge on any atom is 0.258 e. The quantitative estimate of drug-likeness (QED) is 0.563. The first-order valence-corrected chi connectivity index (χ1v) is 10.1. The van der Waals surface area contributed by atoms with E-state index < -0.39 is 24.7 Å². The van der Waals surface area contributed by atoms with Gasteiger partial charge in [0.15, 0.2) is 12.0 Å². The van der Waals surface area contributed by atoms with Gasteiger partial charge in [0.25, 0.3) is 5.91 Å². The third-order valence-corrected chi connectivity index (χ3v) is 4.85. The number of ether oxygens (including phenoxy) is 1. The standard InChI is InChI=1S/C22H29NO5S/c1-5-9-19-18(21(27)16(2)10-7-6-8-11-29-19)12-17(3)28-13-20(26)23-22(4,14-24)15-25/h5-12,24-25H,13-15H2,1-4H3,(H,23,26)/b7-6?,9-5-,11-8?,16-10?,17-12+,19-18?. The van der Waals surface area contributed by atoms with Gasteiger partial charge in [0, 0.05) is 10.4 Å². The molecule has 0 aliphatic heterocycles. The fraction of sp³-hybridized carbons (Fsp3) is 0.364. The summed E-state index contributed by atoms with van der Waals surface area (Å²) in [7, 11) is 0. The minimum Gasteiger partial charge on any atom is -0.488 e. The maximum absolute atomic E-state index is 12.9. The van der Waals surface area contributed by atoms with Gasteiger partial charge in [-0.2, -0.15) is 0 Å². The number of amides is 1. The Balaban J connectivity index is 3.23. The summed E-state index contributed by atoms with van der Waals surface area (Å²) in [6.07, 6.45) is 5.32. The molecule has 0 aromatic carbocycles. The van der Waals surface area contributed by atoms with Crippen molar-refractivity contribution in [2.75, 3.05) is 19.8 Å². The average molecular weight is 420 g/mol. The first kappa shape index (κ1) is 24.6. The van der Waals surface area contributed by atoms with Gasteiger partial charge in [0.05, 0.1) is 24.5 Å². The van der Waals surface area contributed by atoms with Gasteiger partial charge >= 0.3 is 0 Å². The van der Waals surface area contributed by atoms with Crippen molar-refractivity contribution in [1.29, 1.82) is 0 Å². The molecule has 0 saturated heterocycles. The lowest BCUT2D eigenvalue weighted by molar-refractivity contribution is -0.127. The number of hydrogen-bond donors (Lipinski definition) is 3. The van der Waals surface area contributed by atoms with Crippen molar-refractivity contribution in [1.82, 2.24) is 5.32 Å². The van der Waals surface area contributed by atoms with Crippen molar-refractivity contribution in [3.05, 3.63) is 67.7 Å². The van der Waals surface area contributed by atoms with Gasteiger partial charge in [0.1, 0.15) is 0 Å². The molecule has 0 spiro atoms. The fourth-order valence-corrected chi connectivity index (χ4v) is 3.04. The molecule has 1 aromatic heterocycles. The number of aliphatic hydroxyl groups excluding tert-OH is 2. The van der Waals surface area contributed by atoms with Gasteiger partial charge in [-0.3, -0.25) is 9.59 Å². The predicted molar refractivity (Wildman–Crippen MR) is 118 cm³/mol. The van der Waals surface area contributed by atoms with E-state index in [-0.39, 0.29) is 12.0 Å². The van der Waals surface area contributed by atoms with Gasteiger partial charge in [-0.05, 0) is 50.8 Å². The van der Waals surface area contributed by atoms with E-state index in [1.165, 1.54) is 18.3 Å². The van der Waals surface area contributed by atoms with E-state index in [1.54, 1.807) is 32.1 Å². The third-order valence-electron chi connectivity index (χ3n) is 3.95. The minimum absolute atomic E-state index is 0.133. The molecule has 29 heavy (non-hydrogen) atoms. The molecule has 0 fully saturated rings. The van der Waals surface area contributed by atoms with Crippen LogP contribution in [0.25, 0.3) is 12.2 Å². The Bertz CT molecular complexity index is 868. The molecule has 0 bridgehead atoms. The normalized spacial score (nSPS) is 11.9. The van der Waals surface area contributed by atoms with Crippen LogP contribution >= 0.6 is 11.3 Å². The summed E-state index contributed by atoms with van der Waals surface area (Å²) in [5, 5.41) is 22.9. The molecule has 6 nitrogen and oxygen atoms in total. The van der Waals surface area contributed by atoms with Crippen LogP contribution < -0.4 is 10.7 Å². The lowest BCUT2D eigenvalue weighted by atomic mass is 10.1. The van der Waals surface area contributed by atoms with Crippen LogP contribution in [-0.2, 0) is 9.53 Å². The van der Waals surface area contributed by atoms with E-state index in [0.29, 0.717) is 16.9 Å². The maximum atomic E-state index is 12.9. The highest BCUT2D eigenvalue weighted by Crippen LogP contribution is 2.15. The zero-order valence-corrected chi connectivity index (χ0v) is 18.1. The van der Waals surface area contributed by atoms with Gasteiger partial charge in [-0.15, -0.1) is 11.3 Å². The Labute approximate surface area is 175 Å². The first-order valence-electron chi connectivity index (χ1n) is 9.18. The second kappa shape index (κ2) is 12.2. The Morgan fingerprint density at radius 2 is 1.97 bits per heavy atom. The predicted octanol–water partition coefficient (Wildman–Crippen LogP) is 2.81. The summed E-state index contributed by atoms with van der Waals surface area (Å²) < 4.78 is 5.49. The molecule has 0 unspecified atom stereocenters. The van der Waals surface area contributed by atoms with Crippen LogP contribution in [0.2, 0.25) is 0 Å². The molecular formula is C22H29NO5S. The first-order chi connectivity index (χ1) is 13.8. The van der Waals surface area contributed by atoms with E-state index in [4.69, 9.17) is 4.74 Å². The van der Waals surface area contributed by atoms with E-state index >= 15 is 0 Å². The largest absolute Gasteiger partial charge is 0.488 e. The topological polar surface area (TPSA) is 95.9 Å². The molecule has 0 saturated carbocycles. The van der Waals surface area contributed by atoms with Crippen LogP contribution in [0.5, 0.6) is 0 Å². The third kappa shape index (κ3) is 8.19. The number of aliphatic hydroxyl groups is 2. The lowest BCUT2D eigenvalue weighted by Gasteiger charge is -2.26. The van der Waals surface area contributed by atoms with Crippen molar-refractivity contribution in [3.63, 3.8) is 0 Å². The molecule has 1 amide bonds. The van der Waals surface area contributed by atoms with Crippen molar-refractivity contribution < 1.29 is 19.7 Å². The van der Waals surface area contributed by atoms with Gasteiger partial charge in [0.2, 0.25) is 0 Å². The Hall–Kier alpha value is -2.48. The highest BCUT2D eigenvalue weighted by atomic mass is 32.1. The Kier molecular flexibility index (Phi) is 10.3. The van der Waals surface area contributed by atoms with Crippen LogP contribution in [0.15, 0.2) is 46.3 Å². The highest BCUT2D eigenvalue weighted by molar-refractivity contribution is 7.10. The number of hydrogen-bond acceptors (Lipinski definition) is 6. The number of rotatable bonds is 8. The number of carbonyl (C=O) groups excluding carboxylic acids is 1. The van der Waals surface area contributed by atoms with Crippen molar-refractivity contribution in [2.45, 2.75) is 33.2 Å². The summed E-state index contributed by atoms with van der Waals surface area (Å²) in [5.41, 5.74) is -0.205. The van der Waals surface area contributed by atoms with Crippen molar-refractivity contribution in [3.8, 4) is 0 Å². The Morgan fingerprint density at radius 3 is 2.59 bits per heavy atom. The molecule has 0 radical (unpaired) electrons. The molecule has 0 aliphatic rings. The number of allylic oxidation sites excluding steroid dienone is 2. The number of carbonyl (C=O) groups is 1. The van der Waals surface area contributed by atoms with Crippen molar-refractivity contribution in [2.24, 2.45) is 0 Å². The van der Waals surface area contributed by atoms with Crippen LogP contribution in [-0.4, -0.2) is 41.5 Å². The molecule has 0 aliphatic carbocycles. The number of aryl methyl sites for hydroxylation is 1.